The minimum absolute atomic E-state index is 0.233. The van der Waals surface area contributed by atoms with E-state index in [0.29, 0.717) is 0 Å². The van der Waals surface area contributed by atoms with Crippen molar-refractivity contribution in [3.8, 4) is 0 Å². The topological polar surface area (TPSA) is 32.3 Å². The van der Waals surface area contributed by atoms with E-state index in [2.05, 4.69) is 5.32 Å². The number of thioether (sulfide) groups is 1. The molecular weight excluding hydrogens is 122 g/mol. The van der Waals surface area contributed by atoms with Crippen LogP contribution in [-0.4, -0.2) is 36.8 Å². The molecule has 0 aliphatic carbocycles. The number of aliphatic hydroxyl groups is 1. The van der Waals surface area contributed by atoms with E-state index in [-0.39, 0.29) is 12.6 Å². The SMILES string of the molecule is CN[C@H](CO)CSC. The zero-order valence-electron chi connectivity index (χ0n) is 5.35. The predicted octanol–water partition coefficient (Wildman–Crippen LogP) is -0.0703. The molecule has 0 saturated heterocycles. The van der Waals surface area contributed by atoms with Crippen molar-refractivity contribution in [1.82, 2.24) is 5.32 Å². The summed E-state index contributed by atoms with van der Waals surface area (Å²) in [5.74, 6) is 0.979. The van der Waals surface area contributed by atoms with E-state index in [1.165, 1.54) is 0 Å². The molecule has 0 fully saturated rings. The number of hydrogen-bond acceptors (Lipinski definition) is 3. The second kappa shape index (κ2) is 5.41. The van der Waals surface area contributed by atoms with Crippen LogP contribution < -0.4 is 5.32 Å². The average molecular weight is 135 g/mol. The Morgan fingerprint density at radius 1 is 1.75 bits per heavy atom. The number of rotatable bonds is 4. The molecule has 0 aromatic rings. The zero-order valence-corrected chi connectivity index (χ0v) is 6.16. The van der Waals surface area contributed by atoms with Gasteiger partial charge in [0.1, 0.15) is 0 Å². The van der Waals surface area contributed by atoms with Gasteiger partial charge < -0.3 is 10.4 Å². The lowest BCUT2D eigenvalue weighted by molar-refractivity contribution is 0.260. The van der Waals surface area contributed by atoms with Crippen LogP contribution in [0.1, 0.15) is 0 Å². The van der Waals surface area contributed by atoms with Crippen molar-refractivity contribution in [3.05, 3.63) is 0 Å². The van der Waals surface area contributed by atoms with Gasteiger partial charge in [-0.05, 0) is 13.3 Å². The molecule has 0 amide bonds. The highest BCUT2D eigenvalue weighted by atomic mass is 32.2. The third-order valence-electron chi connectivity index (χ3n) is 0.996. The highest BCUT2D eigenvalue weighted by Crippen LogP contribution is 1.94. The van der Waals surface area contributed by atoms with Gasteiger partial charge in [-0.15, -0.1) is 0 Å². The molecule has 0 rings (SSSR count). The van der Waals surface area contributed by atoms with E-state index in [9.17, 15) is 0 Å². The molecule has 0 aliphatic heterocycles. The van der Waals surface area contributed by atoms with Gasteiger partial charge in [0.25, 0.3) is 0 Å². The highest BCUT2D eigenvalue weighted by molar-refractivity contribution is 7.98. The van der Waals surface area contributed by atoms with Crippen LogP contribution in [0.15, 0.2) is 0 Å². The number of nitrogens with one attached hydrogen (secondary N) is 1. The van der Waals surface area contributed by atoms with Crippen LogP contribution in [0.5, 0.6) is 0 Å². The normalized spacial score (nSPS) is 13.9. The van der Waals surface area contributed by atoms with Gasteiger partial charge >= 0.3 is 0 Å². The van der Waals surface area contributed by atoms with Crippen molar-refractivity contribution >= 4 is 11.8 Å². The predicted molar refractivity (Wildman–Crippen MR) is 38.3 cm³/mol. The summed E-state index contributed by atoms with van der Waals surface area (Å²) in [5.41, 5.74) is 0. The summed E-state index contributed by atoms with van der Waals surface area (Å²) in [6.07, 6.45) is 2.03. The Kier molecular flexibility index (Phi) is 5.59. The fourth-order valence-electron chi connectivity index (χ4n) is 0.429. The largest absolute Gasteiger partial charge is 0.395 e. The van der Waals surface area contributed by atoms with Crippen LogP contribution in [0.4, 0.5) is 0 Å². The van der Waals surface area contributed by atoms with Gasteiger partial charge in [0, 0.05) is 11.8 Å². The average Bonchev–Trinajstić information content (AvgIpc) is 1.83. The number of hydrogen-bond donors (Lipinski definition) is 2. The Balaban J connectivity index is 3.07. The number of aliphatic hydroxyl groups excluding tert-OH is 1. The van der Waals surface area contributed by atoms with Crippen LogP contribution in [0.2, 0.25) is 0 Å². The summed E-state index contributed by atoms with van der Waals surface area (Å²) in [6, 6.07) is 0.269. The van der Waals surface area contributed by atoms with Gasteiger partial charge in [-0.1, -0.05) is 0 Å². The van der Waals surface area contributed by atoms with Gasteiger partial charge in [-0.3, -0.25) is 0 Å². The minimum Gasteiger partial charge on any atom is -0.395 e. The Labute approximate surface area is 54.7 Å². The van der Waals surface area contributed by atoms with Gasteiger partial charge in [-0.2, -0.15) is 11.8 Å². The van der Waals surface area contributed by atoms with Crippen molar-refractivity contribution < 1.29 is 5.11 Å². The summed E-state index contributed by atoms with van der Waals surface area (Å²) in [5, 5.41) is 11.6. The Morgan fingerprint density at radius 3 is 2.50 bits per heavy atom. The second-order valence-corrected chi connectivity index (χ2v) is 2.53. The Morgan fingerprint density at radius 2 is 2.38 bits per heavy atom. The van der Waals surface area contributed by atoms with Crippen molar-refractivity contribution in [1.29, 1.82) is 0 Å². The standard InChI is InChI=1S/C5H13NOS/c1-6-5(3-7)4-8-2/h5-7H,3-4H2,1-2H3/t5-/m1/s1. The third-order valence-corrected chi connectivity index (χ3v) is 1.73. The van der Waals surface area contributed by atoms with Crippen molar-refractivity contribution in [3.63, 3.8) is 0 Å². The Hall–Kier alpha value is 0.270. The zero-order chi connectivity index (χ0) is 6.41. The van der Waals surface area contributed by atoms with E-state index < -0.39 is 0 Å². The van der Waals surface area contributed by atoms with Crippen molar-refractivity contribution in [2.75, 3.05) is 25.7 Å². The van der Waals surface area contributed by atoms with E-state index in [1.54, 1.807) is 11.8 Å². The van der Waals surface area contributed by atoms with Gasteiger partial charge in [-0.25, -0.2) is 0 Å². The van der Waals surface area contributed by atoms with Crippen LogP contribution in [-0.2, 0) is 0 Å². The second-order valence-electron chi connectivity index (χ2n) is 1.62. The van der Waals surface area contributed by atoms with Crippen LogP contribution in [0.3, 0.4) is 0 Å². The molecule has 0 heterocycles. The molecule has 3 heteroatoms. The molecular formula is C5H13NOS. The molecule has 0 bridgehead atoms. The molecule has 0 aromatic carbocycles. The third kappa shape index (κ3) is 3.29. The highest BCUT2D eigenvalue weighted by Gasteiger charge is 1.99. The van der Waals surface area contributed by atoms with Gasteiger partial charge in [0.05, 0.1) is 6.61 Å². The van der Waals surface area contributed by atoms with E-state index >= 15 is 0 Å². The molecule has 0 spiro atoms. The number of likely N-dealkylation sites (N-methyl/N-ethyl adjacent to an activating group) is 1. The Bertz CT molecular complexity index is 47.7. The van der Waals surface area contributed by atoms with Gasteiger partial charge in [0.15, 0.2) is 0 Å². The molecule has 2 N–H and O–H groups in total. The van der Waals surface area contributed by atoms with Crippen LogP contribution in [0.25, 0.3) is 0 Å². The molecule has 0 saturated carbocycles. The molecule has 2 nitrogen and oxygen atoms in total. The fourth-order valence-corrected chi connectivity index (χ4v) is 1.10. The lowest BCUT2D eigenvalue weighted by Gasteiger charge is -2.09. The molecule has 1 atom stereocenters. The summed E-state index contributed by atoms with van der Waals surface area (Å²) >= 11 is 1.74. The summed E-state index contributed by atoms with van der Waals surface area (Å²) < 4.78 is 0. The monoisotopic (exact) mass is 135 g/mol. The first-order chi connectivity index (χ1) is 3.85. The molecule has 0 unspecified atom stereocenters. The summed E-state index contributed by atoms with van der Waals surface area (Å²) in [6.45, 7) is 0.233. The maximum atomic E-state index is 8.58. The van der Waals surface area contributed by atoms with Crippen molar-refractivity contribution in [2.24, 2.45) is 0 Å². The van der Waals surface area contributed by atoms with Crippen molar-refractivity contribution in [2.45, 2.75) is 6.04 Å². The van der Waals surface area contributed by atoms with Crippen LogP contribution in [0, 0.1) is 0 Å². The molecule has 0 aromatic heterocycles. The molecule has 0 radical (unpaired) electrons. The fraction of sp³-hybridized carbons (Fsp3) is 1.00. The lowest BCUT2D eigenvalue weighted by atomic mass is 10.4. The van der Waals surface area contributed by atoms with E-state index in [1.807, 2.05) is 13.3 Å². The lowest BCUT2D eigenvalue weighted by Crippen LogP contribution is -2.31. The molecule has 50 valence electrons. The first-order valence-electron chi connectivity index (χ1n) is 2.62. The first-order valence-corrected chi connectivity index (χ1v) is 4.01. The van der Waals surface area contributed by atoms with Crippen LogP contribution >= 0.6 is 11.8 Å². The first kappa shape index (κ1) is 8.27. The maximum absolute atomic E-state index is 8.58. The summed E-state index contributed by atoms with van der Waals surface area (Å²) in [4.78, 5) is 0. The maximum Gasteiger partial charge on any atom is 0.0592 e. The quantitative estimate of drug-likeness (QED) is 0.566. The summed E-state index contributed by atoms with van der Waals surface area (Å²) in [7, 11) is 1.86. The van der Waals surface area contributed by atoms with E-state index in [4.69, 9.17) is 5.11 Å². The molecule has 8 heavy (non-hydrogen) atoms. The smallest absolute Gasteiger partial charge is 0.0592 e. The minimum atomic E-state index is 0.233. The van der Waals surface area contributed by atoms with E-state index in [0.717, 1.165) is 5.75 Å². The van der Waals surface area contributed by atoms with Gasteiger partial charge in [0.2, 0.25) is 0 Å². The molecule has 0 aliphatic rings.